The molecule has 1 aromatic rings. The van der Waals surface area contributed by atoms with Gasteiger partial charge >= 0.3 is 0 Å². The number of H-pyrrole nitrogens is 1. The standard InChI is InChI=1S/C14H23N5O2.ClH/c1-4-19(5-2)12(20)9-18(3)14(21)13-10-8-15-7-6-11(10)16-17-13;/h15H,4-9H2,1-3H3,(H,16,17);1H. The van der Waals surface area contributed by atoms with Gasteiger partial charge in [0.2, 0.25) is 5.91 Å². The Morgan fingerprint density at radius 1 is 1.27 bits per heavy atom. The van der Waals surface area contributed by atoms with Gasteiger partial charge in [0.15, 0.2) is 5.69 Å². The van der Waals surface area contributed by atoms with E-state index in [1.165, 1.54) is 4.90 Å². The van der Waals surface area contributed by atoms with Crippen LogP contribution in [-0.2, 0) is 17.8 Å². The van der Waals surface area contributed by atoms with E-state index in [2.05, 4.69) is 15.5 Å². The molecular formula is C14H24ClN5O2. The summed E-state index contributed by atoms with van der Waals surface area (Å²) in [4.78, 5) is 27.7. The Morgan fingerprint density at radius 2 is 1.95 bits per heavy atom. The van der Waals surface area contributed by atoms with E-state index in [1.807, 2.05) is 13.8 Å². The second-order valence-electron chi connectivity index (χ2n) is 5.18. The molecule has 0 saturated carbocycles. The third-order valence-electron chi connectivity index (χ3n) is 3.84. The molecule has 2 heterocycles. The number of hydrogen-bond acceptors (Lipinski definition) is 4. The van der Waals surface area contributed by atoms with Gasteiger partial charge in [-0.2, -0.15) is 5.10 Å². The maximum Gasteiger partial charge on any atom is 0.274 e. The lowest BCUT2D eigenvalue weighted by Crippen LogP contribution is -2.41. The average Bonchev–Trinajstić information content (AvgIpc) is 2.91. The molecule has 0 spiro atoms. The van der Waals surface area contributed by atoms with Crippen LogP contribution in [0.25, 0.3) is 0 Å². The topological polar surface area (TPSA) is 81.3 Å². The lowest BCUT2D eigenvalue weighted by Gasteiger charge is -2.23. The van der Waals surface area contributed by atoms with Gasteiger partial charge in [-0.3, -0.25) is 14.7 Å². The molecule has 0 atom stereocenters. The molecule has 1 aliphatic heterocycles. The van der Waals surface area contributed by atoms with Crippen molar-refractivity contribution >= 4 is 24.2 Å². The Kier molecular flexibility index (Phi) is 6.83. The summed E-state index contributed by atoms with van der Waals surface area (Å²) < 4.78 is 0. The normalized spacial score (nSPS) is 13.0. The highest BCUT2D eigenvalue weighted by molar-refractivity contribution is 5.96. The lowest BCUT2D eigenvalue weighted by molar-refractivity contribution is -0.131. The summed E-state index contributed by atoms with van der Waals surface area (Å²) in [5, 5.41) is 10.3. The van der Waals surface area contributed by atoms with Crippen molar-refractivity contribution in [3.63, 3.8) is 0 Å². The molecule has 1 aliphatic rings. The number of likely N-dealkylation sites (N-methyl/N-ethyl adjacent to an activating group) is 2. The van der Waals surface area contributed by atoms with Crippen LogP contribution in [0.15, 0.2) is 0 Å². The summed E-state index contributed by atoms with van der Waals surface area (Å²) in [5.74, 6) is -0.255. The molecule has 7 nitrogen and oxygen atoms in total. The van der Waals surface area contributed by atoms with Gasteiger partial charge in [-0.25, -0.2) is 0 Å². The SMILES string of the molecule is CCN(CC)C(=O)CN(C)C(=O)c1n[nH]c2c1CNCC2.Cl. The number of halogens is 1. The minimum atomic E-state index is -0.211. The summed E-state index contributed by atoms with van der Waals surface area (Å²) in [6.45, 7) is 6.77. The number of aromatic nitrogens is 2. The first-order valence-corrected chi connectivity index (χ1v) is 7.38. The van der Waals surface area contributed by atoms with Crippen molar-refractivity contribution in [2.24, 2.45) is 0 Å². The molecule has 0 bridgehead atoms. The molecule has 2 rings (SSSR count). The second-order valence-corrected chi connectivity index (χ2v) is 5.18. The molecule has 1 aromatic heterocycles. The van der Waals surface area contributed by atoms with Crippen molar-refractivity contribution in [3.8, 4) is 0 Å². The predicted octanol–water partition coefficient (Wildman–Crippen LogP) is 0.418. The zero-order chi connectivity index (χ0) is 15.4. The maximum atomic E-state index is 12.5. The summed E-state index contributed by atoms with van der Waals surface area (Å²) in [6.07, 6.45) is 0.845. The molecule has 0 radical (unpaired) electrons. The van der Waals surface area contributed by atoms with E-state index in [0.29, 0.717) is 25.3 Å². The van der Waals surface area contributed by atoms with E-state index in [9.17, 15) is 9.59 Å². The van der Waals surface area contributed by atoms with E-state index in [4.69, 9.17) is 0 Å². The van der Waals surface area contributed by atoms with Crippen LogP contribution < -0.4 is 5.32 Å². The predicted molar refractivity (Wildman–Crippen MR) is 86.1 cm³/mol. The minimum Gasteiger partial charge on any atom is -0.342 e. The van der Waals surface area contributed by atoms with Crippen LogP contribution in [0.5, 0.6) is 0 Å². The van der Waals surface area contributed by atoms with Crippen molar-refractivity contribution in [1.82, 2.24) is 25.3 Å². The van der Waals surface area contributed by atoms with Gasteiger partial charge in [0.25, 0.3) is 5.91 Å². The zero-order valence-corrected chi connectivity index (χ0v) is 14.1. The fraction of sp³-hybridized carbons (Fsp3) is 0.643. The molecule has 8 heteroatoms. The molecular weight excluding hydrogens is 306 g/mol. The number of nitrogens with zero attached hydrogens (tertiary/aromatic N) is 3. The van der Waals surface area contributed by atoms with E-state index >= 15 is 0 Å². The van der Waals surface area contributed by atoms with Gasteiger partial charge in [0.1, 0.15) is 0 Å². The van der Waals surface area contributed by atoms with E-state index in [1.54, 1.807) is 11.9 Å². The quantitative estimate of drug-likeness (QED) is 0.820. The molecule has 0 saturated heterocycles. The molecule has 124 valence electrons. The van der Waals surface area contributed by atoms with Gasteiger partial charge in [-0.15, -0.1) is 12.4 Å². The van der Waals surface area contributed by atoms with Crippen LogP contribution in [0, 0.1) is 0 Å². The molecule has 2 N–H and O–H groups in total. The number of fused-ring (bicyclic) bond motifs is 1. The molecule has 0 aromatic carbocycles. The Bertz CT molecular complexity index is 527. The Labute approximate surface area is 136 Å². The Hall–Kier alpha value is -1.60. The third kappa shape index (κ3) is 3.78. The van der Waals surface area contributed by atoms with Crippen molar-refractivity contribution in [3.05, 3.63) is 17.0 Å². The third-order valence-corrected chi connectivity index (χ3v) is 3.84. The van der Waals surface area contributed by atoms with Crippen LogP contribution in [0.3, 0.4) is 0 Å². The fourth-order valence-electron chi connectivity index (χ4n) is 2.53. The fourth-order valence-corrected chi connectivity index (χ4v) is 2.53. The zero-order valence-electron chi connectivity index (χ0n) is 13.3. The number of carbonyl (C=O) groups excluding carboxylic acids is 2. The first-order chi connectivity index (χ1) is 10.1. The van der Waals surface area contributed by atoms with Crippen LogP contribution in [-0.4, -0.2) is 65.0 Å². The van der Waals surface area contributed by atoms with Crippen molar-refractivity contribution in [2.45, 2.75) is 26.8 Å². The molecule has 22 heavy (non-hydrogen) atoms. The molecule has 0 aliphatic carbocycles. The smallest absolute Gasteiger partial charge is 0.274 e. The lowest BCUT2D eigenvalue weighted by atomic mass is 10.1. The van der Waals surface area contributed by atoms with Crippen molar-refractivity contribution in [1.29, 1.82) is 0 Å². The molecule has 0 fully saturated rings. The average molecular weight is 330 g/mol. The first kappa shape index (κ1) is 18.4. The highest BCUT2D eigenvalue weighted by atomic mass is 35.5. The maximum absolute atomic E-state index is 12.5. The number of rotatable bonds is 5. The van der Waals surface area contributed by atoms with Crippen LogP contribution in [0.2, 0.25) is 0 Å². The first-order valence-electron chi connectivity index (χ1n) is 7.38. The van der Waals surface area contributed by atoms with Gasteiger partial charge < -0.3 is 15.1 Å². The van der Waals surface area contributed by atoms with Crippen molar-refractivity contribution in [2.75, 3.05) is 33.2 Å². The number of hydrogen-bond donors (Lipinski definition) is 2. The van der Waals surface area contributed by atoms with Gasteiger partial charge in [-0.1, -0.05) is 0 Å². The monoisotopic (exact) mass is 329 g/mol. The van der Waals surface area contributed by atoms with E-state index in [-0.39, 0.29) is 30.8 Å². The van der Waals surface area contributed by atoms with Gasteiger partial charge in [-0.05, 0) is 13.8 Å². The summed E-state index contributed by atoms with van der Waals surface area (Å²) in [5.41, 5.74) is 2.36. The van der Waals surface area contributed by atoms with Crippen LogP contribution >= 0.6 is 12.4 Å². The summed E-state index contributed by atoms with van der Waals surface area (Å²) in [6, 6.07) is 0. The largest absolute Gasteiger partial charge is 0.342 e. The van der Waals surface area contributed by atoms with Crippen molar-refractivity contribution < 1.29 is 9.59 Å². The Morgan fingerprint density at radius 3 is 2.59 bits per heavy atom. The van der Waals surface area contributed by atoms with Crippen LogP contribution in [0.1, 0.15) is 35.6 Å². The van der Waals surface area contributed by atoms with Gasteiger partial charge in [0.05, 0.1) is 6.54 Å². The number of amides is 2. The second kappa shape index (κ2) is 8.14. The molecule has 2 amide bonds. The Balaban J connectivity index is 0.00000242. The minimum absolute atomic E-state index is 0. The number of aromatic amines is 1. The van der Waals surface area contributed by atoms with Crippen LogP contribution in [0.4, 0.5) is 0 Å². The van der Waals surface area contributed by atoms with E-state index in [0.717, 1.165) is 24.2 Å². The highest BCUT2D eigenvalue weighted by Gasteiger charge is 2.25. The summed E-state index contributed by atoms with van der Waals surface area (Å²) in [7, 11) is 1.64. The highest BCUT2D eigenvalue weighted by Crippen LogP contribution is 2.16. The molecule has 0 unspecified atom stereocenters. The van der Waals surface area contributed by atoms with E-state index < -0.39 is 0 Å². The number of nitrogens with one attached hydrogen (secondary N) is 2. The number of carbonyl (C=O) groups is 2. The van der Waals surface area contributed by atoms with Gasteiger partial charge in [0, 0.05) is 50.9 Å². The summed E-state index contributed by atoms with van der Waals surface area (Å²) >= 11 is 0.